The van der Waals surface area contributed by atoms with Gasteiger partial charge in [-0.3, -0.25) is 4.79 Å². The first-order valence-corrected chi connectivity index (χ1v) is 13.4. The van der Waals surface area contributed by atoms with E-state index in [4.69, 9.17) is 9.72 Å². The summed E-state index contributed by atoms with van der Waals surface area (Å²) >= 11 is 0. The van der Waals surface area contributed by atoms with Crippen LogP contribution in [-0.2, 0) is 29.1 Å². The summed E-state index contributed by atoms with van der Waals surface area (Å²) in [5.41, 5.74) is 6.63. The number of nitrogens with one attached hydrogen (secondary N) is 1. The van der Waals surface area contributed by atoms with E-state index in [9.17, 15) is 4.79 Å². The molecule has 8 nitrogen and oxygen atoms in total. The summed E-state index contributed by atoms with van der Waals surface area (Å²) in [4.78, 5) is 17.4. The number of carbonyl (C=O) groups excluding carboxylic acids is 1. The zero-order chi connectivity index (χ0) is 27.4. The van der Waals surface area contributed by atoms with Crippen molar-refractivity contribution in [3.63, 3.8) is 0 Å². The highest BCUT2D eigenvalue weighted by Gasteiger charge is 2.23. The number of tetrazole rings is 1. The van der Waals surface area contributed by atoms with Gasteiger partial charge in [0.1, 0.15) is 12.4 Å². The van der Waals surface area contributed by atoms with Gasteiger partial charge in [0.05, 0.1) is 16.4 Å². The minimum Gasteiger partial charge on any atom is -0.460 e. The van der Waals surface area contributed by atoms with E-state index >= 15 is 0 Å². The van der Waals surface area contributed by atoms with E-state index in [2.05, 4.69) is 68.5 Å². The number of fused-ring (bicyclic) bond motifs is 1. The maximum Gasteiger partial charge on any atom is 0.311 e. The van der Waals surface area contributed by atoms with Crippen LogP contribution < -0.4 is 0 Å². The molecular weight excluding hydrogens is 488 g/mol. The lowest BCUT2D eigenvalue weighted by atomic mass is 9.97. The number of esters is 1. The van der Waals surface area contributed by atoms with Gasteiger partial charge in [-0.25, -0.2) is 10.1 Å². The summed E-state index contributed by atoms with van der Waals surface area (Å²) in [6.45, 7) is 8.70. The molecule has 2 aromatic heterocycles. The Labute approximate surface area is 228 Å². The van der Waals surface area contributed by atoms with Crippen LogP contribution in [0.5, 0.6) is 0 Å². The minimum absolute atomic E-state index is 0.215. The second-order valence-corrected chi connectivity index (χ2v) is 10.8. The van der Waals surface area contributed by atoms with Gasteiger partial charge in [-0.15, -0.1) is 5.10 Å². The van der Waals surface area contributed by atoms with Gasteiger partial charge >= 0.3 is 5.97 Å². The standard InChI is InChI=1S/C31H34N6O2/c1-5-6-14-27-32-28-23(20-39-30(38)31(2,3)4)10-9-13-26(28)37(27)19-21-15-17-22(18-16-21)24-11-7-8-12-25(24)29-33-35-36-34-29/h7-13,15-18H,5-6,14,19-20H2,1-4H3,(H,33,34,35,36). The third kappa shape index (κ3) is 5.74. The Bertz CT molecular complexity index is 1560. The van der Waals surface area contributed by atoms with Crippen molar-refractivity contribution in [3.8, 4) is 22.5 Å². The Hall–Kier alpha value is -4.33. The SMILES string of the molecule is CCCCc1nc2c(COC(=O)C(C)(C)C)cccc2n1Cc1ccc(-c2ccccc2-c2nnn[nH]2)cc1. The largest absolute Gasteiger partial charge is 0.460 e. The van der Waals surface area contributed by atoms with Crippen LogP contribution in [0, 0.1) is 5.41 Å². The number of unbranched alkanes of at least 4 members (excludes halogenated alkanes) is 1. The number of para-hydroxylation sites is 1. The molecule has 0 amide bonds. The topological polar surface area (TPSA) is 98.6 Å². The number of H-pyrrole nitrogens is 1. The van der Waals surface area contributed by atoms with Crippen molar-refractivity contribution in [2.45, 2.75) is 60.1 Å². The fourth-order valence-corrected chi connectivity index (χ4v) is 4.62. The number of nitrogens with zero attached hydrogens (tertiary/aromatic N) is 5. The molecule has 3 aromatic carbocycles. The van der Waals surface area contributed by atoms with E-state index in [0.29, 0.717) is 12.4 Å². The van der Waals surface area contributed by atoms with Gasteiger partial charge in [0, 0.05) is 24.1 Å². The van der Waals surface area contributed by atoms with Crippen LogP contribution >= 0.6 is 0 Å². The van der Waals surface area contributed by atoms with Crippen molar-refractivity contribution in [1.29, 1.82) is 0 Å². The fraction of sp³-hybridized carbons (Fsp3) is 0.323. The van der Waals surface area contributed by atoms with Gasteiger partial charge < -0.3 is 9.30 Å². The van der Waals surface area contributed by atoms with Gasteiger partial charge in [-0.05, 0) is 60.4 Å². The molecule has 0 atom stereocenters. The number of rotatable bonds is 9. The predicted octanol–water partition coefficient (Wildman–Crippen LogP) is 6.36. The molecule has 200 valence electrons. The van der Waals surface area contributed by atoms with Gasteiger partial charge in [0.25, 0.3) is 0 Å². The molecule has 0 aliphatic heterocycles. The first-order chi connectivity index (χ1) is 18.8. The van der Waals surface area contributed by atoms with Crippen molar-refractivity contribution >= 4 is 17.0 Å². The molecule has 0 unspecified atom stereocenters. The molecule has 0 aliphatic rings. The van der Waals surface area contributed by atoms with Crippen LogP contribution in [0.15, 0.2) is 66.7 Å². The van der Waals surface area contributed by atoms with Crippen molar-refractivity contribution in [3.05, 3.63) is 83.7 Å². The number of carbonyl (C=O) groups is 1. The van der Waals surface area contributed by atoms with Gasteiger partial charge in [-0.1, -0.05) is 74.0 Å². The Kier molecular flexibility index (Phi) is 7.54. The minimum atomic E-state index is -0.544. The summed E-state index contributed by atoms with van der Waals surface area (Å²) in [5.74, 6) is 1.48. The first kappa shape index (κ1) is 26.3. The van der Waals surface area contributed by atoms with Gasteiger partial charge in [0.2, 0.25) is 0 Å². The van der Waals surface area contributed by atoms with E-state index in [-0.39, 0.29) is 12.6 Å². The zero-order valence-electron chi connectivity index (χ0n) is 22.9. The molecule has 5 rings (SSSR count). The van der Waals surface area contributed by atoms with E-state index in [1.165, 1.54) is 5.56 Å². The van der Waals surface area contributed by atoms with Crippen molar-refractivity contribution < 1.29 is 9.53 Å². The molecule has 1 N–H and O–H groups in total. The molecule has 8 heteroatoms. The molecule has 0 saturated heterocycles. The van der Waals surface area contributed by atoms with Crippen LogP contribution in [0.3, 0.4) is 0 Å². The molecule has 2 heterocycles. The zero-order valence-corrected chi connectivity index (χ0v) is 22.9. The van der Waals surface area contributed by atoms with E-state index in [1.807, 2.05) is 51.1 Å². The molecule has 0 aliphatic carbocycles. The van der Waals surface area contributed by atoms with Gasteiger partial charge in [0.15, 0.2) is 5.82 Å². The summed E-state index contributed by atoms with van der Waals surface area (Å²) < 4.78 is 7.93. The van der Waals surface area contributed by atoms with Crippen LogP contribution in [-0.4, -0.2) is 36.1 Å². The molecule has 0 radical (unpaired) electrons. The van der Waals surface area contributed by atoms with E-state index in [1.54, 1.807) is 0 Å². The lowest BCUT2D eigenvalue weighted by Gasteiger charge is -2.16. The number of ether oxygens (including phenoxy) is 1. The smallest absolute Gasteiger partial charge is 0.311 e. The molecule has 0 bridgehead atoms. The lowest BCUT2D eigenvalue weighted by Crippen LogP contribution is -2.22. The second-order valence-electron chi connectivity index (χ2n) is 10.8. The number of imidazole rings is 1. The monoisotopic (exact) mass is 522 g/mol. The van der Waals surface area contributed by atoms with E-state index < -0.39 is 5.41 Å². The molecular formula is C31H34N6O2. The number of aromatic nitrogens is 6. The summed E-state index contributed by atoms with van der Waals surface area (Å²) in [7, 11) is 0. The number of benzene rings is 3. The number of hydrogen-bond donors (Lipinski definition) is 1. The number of aromatic amines is 1. The Morgan fingerprint density at radius 2 is 1.74 bits per heavy atom. The van der Waals surface area contributed by atoms with Crippen LogP contribution in [0.1, 0.15) is 57.5 Å². The Morgan fingerprint density at radius 1 is 0.974 bits per heavy atom. The highest BCUT2D eigenvalue weighted by molar-refractivity contribution is 5.82. The summed E-state index contributed by atoms with van der Waals surface area (Å²) in [5, 5.41) is 14.4. The van der Waals surface area contributed by atoms with Crippen molar-refractivity contribution in [1.82, 2.24) is 30.2 Å². The first-order valence-electron chi connectivity index (χ1n) is 13.4. The molecule has 0 saturated carbocycles. The Balaban J connectivity index is 1.44. The molecule has 0 spiro atoms. The average Bonchev–Trinajstić information content (AvgIpc) is 3.59. The third-order valence-electron chi connectivity index (χ3n) is 6.80. The second kappa shape index (κ2) is 11.2. The normalized spacial score (nSPS) is 11.7. The summed E-state index contributed by atoms with van der Waals surface area (Å²) in [6.07, 6.45) is 3.04. The van der Waals surface area contributed by atoms with Crippen LogP contribution in [0.4, 0.5) is 0 Å². The predicted molar refractivity (Wildman–Crippen MR) is 152 cm³/mol. The van der Waals surface area contributed by atoms with Gasteiger partial charge in [-0.2, -0.15) is 0 Å². The highest BCUT2D eigenvalue weighted by Crippen LogP contribution is 2.30. The van der Waals surface area contributed by atoms with Crippen LogP contribution in [0.25, 0.3) is 33.5 Å². The lowest BCUT2D eigenvalue weighted by molar-refractivity contribution is -0.154. The average molecular weight is 523 g/mol. The molecule has 5 aromatic rings. The summed E-state index contributed by atoms with van der Waals surface area (Å²) in [6, 6.07) is 22.8. The molecule has 39 heavy (non-hydrogen) atoms. The fourth-order valence-electron chi connectivity index (χ4n) is 4.62. The van der Waals surface area contributed by atoms with E-state index in [0.717, 1.165) is 58.4 Å². The maximum atomic E-state index is 12.4. The Morgan fingerprint density at radius 3 is 2.44 bits per heavy atom. The number of hydrogen-bond acceptors (Lipinski definition) is 6. The van der Waals surface area contributed by atoms with Crippen LogP contribution in [0.2, 0.25) is 0 Å². The molecule has 0 fully saturated rings. The quantitative estimate of drug-likeness (QED) is 0.226. The van der Waals surface area contributed by atoms with Crippen molar-refractivity contribution in [2.24, 2.45) is 5.41 Å². The third-order valence-corrected chi connectivity index (χ3v) is 6.80. The van der Waals surface area contributed by atoms with Crippen molar-refractivity contribution in [2.75, 3.05) is 0 Å². The maximum absolute atomic E-state index is 12.4. The highest BCUT2D eigenvalue weighted by atomic mass is 16.5. The number of aryl methyl sites for hydroxylation is 1.